The summed E-state index contributed by atoms with van der Waals surface area (Å²) in [7, 11) is -3.91. The molecule has 0 spiro atoms. The molecule has 1 aromatic carbocycles. The van der Waals surface area contributed by atoms with Gasteiger partial charge in [-0.25, -0.2) is 13.1 Å². The van der Waals surface area contributed by atoms with Crippen LogP contribution in [0.5, 0.6) is 0 Å². The smallest absolute Gasteiger partial charge is 0.251 e. The number of benzene rings is 1. The molecule has 2 aromatic heterocycles. The average molecular weight is 417 g/mol. The highest BCUT2D eigenvalue weighted by Gasteiger charge is 2.20. The molecule has 3 aromatic rings. The average Bonchev–Trinajstić information content (AvgIpc) is 2.72. The molecule has 0 saturated heterocycles. The molecule has 0 saturated carbocycles. The van der Waals surface area contributed by atoms with Crippen LogP contribution in [0.2, 0.25) is 5.02 Å². The summed E-state index contributed by atoms with van der Waals surface area (Å²) >= 11 is 6.07. The van der Waals surface area contributed by atoms with E-state index in [2.05, 4.69) is 20.0 Å². The van der Waals surface area contributed by atoms with Gasteiger partial charge in [-0.05, 0) is 42.0 Å². The standard InChI is InChI=1S/C19H17ClN4O3S/c20-17-7-6-15(19(25)23-13-16-5-1-2-9-22-16)10-18(17)28(26,27)24-12-14-4-3-8-21-11-14/h1-11,24H,12-13H2,(H,23,25). The summed E-state index contributed by atoms with van der Waals surface area (Å²) in [5, 5.41) is 2.73. The van der Waals surface area contributed by atoms with Gasteiger partial charge in [0.25, 0.3) is 5.91 Å². The topological polar surface area (TPSA) is 101 Å². The molecule has 0 atom stereocenters. The van der Waals surface area contributed by atoms with Crippen LogP contribution in [0.4, 0.5) is 0 Å². The largest absolute Gasteiger partial charge is 0.346 e. The number of carbonyl (C=O) groups excluding carboxylic acids is 1. The van der Waals surface area contributed by atoms with Crippen molar-refractivity contribution in [1.82, 2.24) is 20.0 Å². The molecule has 9 heteroatoms. The SMILES string of the molecule is O=C(NCc1ccccn1)c1ccc(Cl)c(S(=O)(=O)NCc2cccnc2)c1. The van der Waals surface area contributed by atoms with Crippen LogP contribution < -0.4 is 10.0 Å². The van der Waals surface area contributed by atoms with E-state index in [4.69, 9.17) is 11.6 Å². The van der Waals surface area contributed by atoms with Crippen molar-refractivity contribution in [2.45, 2.75) is 18.0 Å². The van der Waals surface area contributed by atoms with E-state index in [0.717, 1.165) is 0 Å². The summed E-state index contributed by atoms with van der Waals surface area (Å²) in [5.74, 6) is -0.425. The van der Waals surface area contributed by atoms with Gasteiger partial charge in [-0.1, -0.05) is 23.7 Å². The second-order valence-corrected chi connectivity index (χ2v) is 7.98. The fraction of sp³-hybridized carbons (Fsp3) is 0.105. The molecular formula is C19H17ClN4O3S. The Morgan fingerprint density at radius 1 is 1.04 bits per heavy atom. The van der Waals surface area contributed by atoms with Gasteiger partial charge in [0.15, 0.2) is 0 Å². The van der Waals surface area contributed by atoms with Gasteiger partial charge >= 0.3 is 0 Å². The zero-order valence-electron chi connectivity index (χ0n) is 14.7. The third-order valence-electron chi connectivity index (χ3n) is 3.83. The summed E-state index contributed by atoms with van der Waals surface area (Å²) in [6, 6.07) is 12.9. The fourth-order valence-corrected chi connectivity index (χ4v) is 3.93. The molecule has 7 nitrogen and oxygen atoms in total. The maximum absolute atomic E-state index is 12.6. The van der Waals surface area contributed by atoms with Crippen molar-refractivity contribution in [3.8, 4) is 0 Å². The molecule has 2 heterocycles. The maximum Gasteiger partial charge on any atom is 0.251 e. The van der Waals surface area contributed by atoms with E-state index in [1.54, 1.807) is 42.9 Å². The lowest BCUT2D eigenvalue weighted by Crippen LogP contribution is -2.26. The summed E-state index contributed by atoms with van der Waals surface area (Å²) in [4.78, 5) is 20.3. The van der Waals surface area contributed by atoms with Crippen molar-refractivity contribution in [3.05, 3.63) is 89.0 Å². The summed E-state index contributed by atoms with van der Waals surface area (Å²) in [5.41, 5.74) is 1.57. The molecule has 2 N–H and O–H groups in total. The first-order chi connectivity index (χ1) is 13.5. The fourth-order valence-electron chi connectivity index (χ4n) is 2.38. The molecule has 0 unspecified atom stereocenters. The molecule has 0 bridgehead atoms. The number of sulfonamides is 1. The van der Waals surface area contributed by atoms with Crippen LogP contribution in [0.25, 0.3) is 0 Å². The van der Waals surface area contributed by atoms with Crippen molar-refractivity contribution < 1.29 is 13.2 Å². The number of aromatic nitrogens is 2. The van der Waals surface area contributed by atoms with E-state index in [1.165, 1.54) is 18.2 Å². The highest BCUT2D eigenvalue weighted by molar-refractivity contribution is 7.89. The van der Waals surface area contributed by atoms with Crippen LogP contribution in [0.15, 0.2) is 72.0 Å². The Balaban J connectivity index is 1.73. The van der Waals surface area contributed by atoms with E-state index in [1.807, 2.05) is 6.07 Å². The molecule has 1 amide bonds. The van der Waals surface area contributed by atoms with Gasteiger partial charge in [-0.2, -0.15) is 0 Å². The number of hydrogen-bond acceptors (Lipinski definition) is 5. The minimum atomic E-state index is -3.91. The number of nitrogens with zero attached hydrogens (tertiary/aromatic N) is 2. The van der Waals surface area contributed by atoms with Crippen molar-refractivity contribution in [2.24, 2.45) is 0 Å². The zero-order chi connectivity index (χ0) is 20.0. The minimum Gasteiger partial charge on any atom is -0.346 e. The Morgan fingerprint density at radius 2 is 1.89 bits per heavy atom. The zero-order valence-corrected chi connectivity index (χ0v) is 16.2. The van der Waals surface area contributed by atoms with Crippen LogP contribution in [-0.2, 0) is 23.1 Å². The molecule has 0 aliphatic carbocycles. The van der Waals surface area contributed by atoms with Crippen LogP contribution in [0.3, 0.4) is 0 Å². The third kappa shape index (κ3) is 5.13. The van der Waals surface area contributed by atoms with Crippen LogP contribution in [-0.4, -0.2) is 24.3 Å². The Morgan fingerprint density at radius 3 is 2.61 bits per heavy atom. The number of carbonyl (C=O) groups is 1. The van der Waals surface area contributed by atoms with E-state index in [0.29, 0.717) is 11.3 Å². The summed E-state index contributed by atoms with van der Waals surface area (Å²) in [6.45, 7) is 0.284. The Bertz CT molecular complexity index is 1060. The molecule has 0 radical (unpaired) electrons. The summed E-state index contributed by atoms with van der Waals surface area (Å²) < 4.78 is 27.7. The number of halogens is 1. The maximum atomic E-state index is 12.6. The van der Waals surface area contributed by atoms with Crippen molar-refractivity contribution in [2.75, 3.05) is 0 Å². The van der Waals surface area contributed by atoms with Crippen molar-refractivity contribution in [3.63, 3.8) is 0 Å². The van der Waals surface area contributed by atoms with Gasteiger partial charge in [0, 0.05) is 30.7 Å². The molecule has 3 rings (SSSR count). The van der Waals surface area contributed by atoms with Gasteiger partial charge in [-0.3, -0.25) is 14.8 Å². The second kappa shape index (κ2) is 8.92. The van der Waals surface area contributed by atoms with Gasteiger partial charge < -0.3 is 5.32 Å². The number of rotatable bonds is 7. The first-order valence-electron chi connectivity index (χ1n) is 8.32. The van der Waals surface area contributed by atoms with Crippen molar-refractivity contribution in [1.29, 1.82) is 0 Å². The molecule has 0 aliphatic rings. The Kier molecular flexibility index (Phi) is 6.35. The van der Waals surface area contributed by atoms with E-state index in [-0.39, 0.29) is 28.6 Å². The van der Waals surface area contributed by atoms with Gasteiger partial charge in [0.2, 0.25) is 10.0 Å². The van der Waals surface area contributed by atoms with E-state index in [9.17, 15) is 13.2 Å². The van der Waals surface area contributed by atoms with Crippen LogP contribution >= 0.6 is 11.6 Å². The number of pyridine rings is 2. The van der Waals surface area contributed by atoms with Gasteiger partial charge in [0.1, 0.15) is 4.90 Å². The first kappa shape index (κ1) is 19.9. The third-order valence-corrected chi connectivity index (χ3v) is 5.71. The second-order valence-electron chi connectivity index (χ2n) is 5.83. The number of nitrogens with one attached hydrogen (secondary N) is 2. The molecule has 144 valence electrons. The quantitative estimate of drug-likeness (QED) is 0.616. The molecule has 0 fully saturated rings. The lowest BCUT2D eigenvalue weighted by Gasteiger charge is -2.11. The predicted octanol–water partition coefficient (Wildman–Crippen LogP) is 2.54. The molecule has 0 aliphatic heterocycles. The van der Waals surface area contributed by atoms with Gasteiger partial charge in [0.05, 0.1) is 17.3 Å². The highest BCUT2D eigenvalue weighted by atomic mass is 35.5. The Labute approximate surface area is 167 Å². The monoisotopic (exact) mass is 416 g/mol. The summed E-state index contributed by atoms with van der Waals surface area (Å²) in [6.07, 6.45) is 4.79. The first-order valence-corrected chi connectivity index (χ1v) is 10.2. The predicted molar refractivity (Wildman–Crippen MR) is 105 cm³/mol. The molecule has 28 heavy (non-hydrogen) atoms. The number of hydrogen-bond donors (Lipinski definition) is 2. The van der Waals surface area contributed by atoms with E-state index >= 15 is 0 Å². The van der Waals surface area contributed by atoms with Gasteiger partial charge in [-0.15, -0.1) is 0 Å². The normalized spacial score (nSPS) is 11.2. The Hall–Kier alpha value is -2.81. The van der Waals surface area contributed by atoms with Crippen LogP contribution in [0.1, 0.15) is 21.6 Å². The lowest BCUT2D eigenvalue weighted by atomic mass is 10.2. The number of amides is 1. The highest BCUT2D eigenvalue weighted by Crippen LogP contribution is 2.23. The lowest BCUT2D eigenvalue weighted by molar-refractivity contribution is 0.0950. The van der Waals surface area contributed by atoms with E-state index < -0.39 is 15.9 Å². The van der Waals surface area contributed by atoms with Crippen molar-refractivity contribution >= 4 is 27.5 Å². The molecular weight excluding hydrogens is 400 g/mol. The van der Waals surface area contributed by atoms with Crippen LogP contribution in [0, 0.1) is 0 Å². The minimum absolute atomic E-state index is 0.0277.